The van der Waals surface area contributed by atoms with Crippen LogP contribution in [0.4, 0.5) is 8.78 Å². The van der Waals surface area contributed by atoms with E-state index < -0.39 is 24.9 Å². The standard InChI is InChI=1S/C15H20F2N2O3.ClH/c16-15(17,9-18)10-19-14(20)11-3-5-12(6-4-11)22-8-13-2-1-7-21-13;/h3-6,13H,1-2,7-10,18H2,(H,19,20);1H. The number of benzene rings is 1. The van der Waals surface area contributed by atoms with Gasteiger partial charge in [-0.25, -0.2) is 8.78 Å². The number of ether oxygens (including phenoxy) is 2. The van der Waals surface area contributed by atoms with Crippen LogP contribution in [-0.2, 0) is 4.74 Å². The lowest BCUT2D eigenvalue weighted by Crippen LogP contribution is -2.41. The monoisotopic (exact) mass is 350 g/mol. The first-order chi connectivity index (χ1) is 10.5. The predicted octanol–water partition coefficient (Wildman–Crippen LogP) is 1.99. The highest BCUT2D eigenvalue weighted by atomic mass is 35.5. The predicted molar refractivity (Wildman–Crippen MR) is 84.5 cm³/mol. The maximum atomic E-state index is 13.0. The highest BCUT2D eigenvalue weighted by Gasteiger charge is 2.27. The van der Waals surface area contributed by atoms with Crippen molar-refractivity contribution in [1.82, 2.24) is 5.32 Å². The molecular formula is C15H21ClF2N2O3. The lowest BCUT2D eigenvalue weighted by atomic mass is 10.2. The van der Waals surface area contributed by atoms with Gasteiger partial charge in [-0.1, -0.05) is 0 Å². The number of nitrogens with one attached hydrogen (secondary N) is 1. The minimum Gasteiger partial charge on any atom is -0.491 e. The van der Waals surface area contributed by atoms with Crippen molar-refractivity contribution in [2.45, 2.75) is 24.9 Å². The van der Waals surface area contributed by atoms with Gasteiger partial charge in [-0.2, -0.15) is 0 Å². The van der Waals surface area contributed by atoms with Gasteiger partial charge in [0.25, 0.3) is 11.8 Å². The summed E-state index contributed by atoms with van der Waals surface area (Å²) in [5.74, 6) is -3.06. The molecule has 0 saturated carbocycles. The third kappa shape index (κ3) is 6.29. The van der Waals surface area contributed by atoms with Gasteiger partial charge in [0, 0.05) is 12.2 Å². The average molecular weight is 351 g/mol. The summed E-state index contributed by atoms with van der Waals surface area (Å²) in [6.45, 7) is -0.349. The molecule has 0 radical (unpaired) electrons. The van der Waals surface area contributed by atoms with E-state index >= 15 is 0 Å². The molecule has 8 heteroatoms. The van der Waals surface area contributed by atoms with Gasteiger partial charge in [0.2, 0.25) is 0 Å². The van der Waals surface area contributed by atoms with Gasteiger partial charge in [0.1, 0.15) is 12.4 Å². The fraction of sp³-hybridized carbons (Fsp3) is 0.533. The number of carbonyl (C=O) groups excluding carboxylic acids is 1. The molecule has 1 aliphatic rings. The SMILES string of the molecule is Cl.NCC(F)(F)CNC(=O)c1ccc(OCC2CCCO2)cc1. The molecule has 1 heterocycles. The van der Waals surface area contributed by atoms with Gasteiger partial charge in [0.05, 0.1) is 19.2 Å². The van der Waals surface area contributed by atoms with E-state index in [-0.39, 0.29) is 24.1 Å². The van der Waals surface area contributed by atoms with Crippen LogP contribution in [-0.4, -0.2) is 44.2 Å². The molecule has 1 aliphatic heterocycles. The number of rotatable bonds is 7. The van der Waals surface area contributed by atoms with E-state index in [1.807, 2.05) is 0 Å². The van der Waals surface area contributed by atoms with Crippen LogP contribution in [0.2, 0.25) is 0 Å². The van der Waals surface area contributed by atoms with Crippen molar-refractivity contribution < 1.29 is 23.0 Å². The molecule has 1 fully saturated rings. The van der Waals surface area contributed by atoms with E-state index in [9.17, 15) is 13.6 Å². The van der Waals surface area contributed by atoms with Gasteiger partial charge in [-0.3, -0.25) is 4.79 Å². The van der Waals surface area contributed by atoms with Crippen molar-refractivity contribution in [3.05, 3.63) is 29.8 Å². The summed E-state index contributed by atoms with van der Waals surface area (Å²) in [7, 11) is 0. The Kier molecular flexibility index (Phi) is 7.67. The van der Waals surface area contributed by atoms with E-state index in [1.54, 1.807) is 12.1 Å². The van der Waals surface area contributed by atoms with E-state index in [4.69, 9.17) is 15.2 Å². The first-order valence-electron chi connectivity index (χ1n) is 7.21. The lowest BCUT2D eigenvalue weighted by molar-refractivity contribution is 0.0118. The number of hydrogen-bond donors (Lipinski definition) is 2. The van der Waals surface area contributed by atoms with Crippen LogP contribution in [0, 0.1) is 0 Å². The van der Waals surface area contributed by atoms with Crippen LogP contribution in [0.5, 0.6) is 5.75 Å². The summed E-state index contributed by atoms with van der Waals surface area (Å²) in [6, 6.07) is 6.32. The fourth-order valence-corrected chi connectivity index (χ4v) is 2.05. The van der Waals surface area contributed by atoms with Crippen molar-refractivity contribution in [2.75, 3.05) is 26.3 Å². The number of alkyl halides is 2. The number of nitrogens with two attached hydrogens (primary N) is 1. The molecule has 1 saturated heterocycles. The molecule has 1 amide bonds. The van der Waals surface area contributed by atoms with Crippen molar-refractivity contribution in [3.8, 4) is 5.75 Å². The van der Waals surface area contributed by atoms with E-state index in [0.29, 0.717) is 12.4 Å². The van der Waals surface area contributed by atoms with E-state index in [1.165, 1.54) is 12.1 Å². The second kappa shape index (κ2) is 9.00. The van der Waals surface area contributed by atoms with E-state index in [2.05, 4.69) is 5.32 Å². The first-order valence-corrected chi connectivity index (χ1v) is 7.21. The largest absolute Gasteiger partial charge is 0.491 e. The summed E-state index contributed by atoms with van der Waals surface area (Å²) in [5, 5.41) is 2.16. The molecule has 1 atom stereocenters. The highest BCUT2D eigenvalue weighted by molar-refractivity contribution is 5.94. The Morgan fingerprint density at radius 2 is 2.09 bits per heavy atom. The summed E-state index contributed by atoms with van der Waals surface area (Å²) in [4.78, 5) is 11.7. The molecule has 0 aromatic heterocycles. The van der Waals surface area contributed by atoms with Crippen LogP contribution >= 0.6 is 12.4 Å². The Morgan fingerprint density at radius 1 is 1.39 bits per heavy atom. The third-order valence-corrected chi connectivity index (χ3v) is 3.38. The molecule has 3 N–H and O–H groups in total. The van der Waals surface area contributed by atoms with Crippen molar-refractivity contribution in [1.29, 1.82) is 0 Å². The molecule has 130 valence electrons. The highest BCUT2D eigenvalue weighted by Crippen LogP contribution is 2.17. The normalized spacial score (nSPS) is 17.4. The minimum absolute atomic E-state index is 0. The molecule has 0 bridgehead atoms. The Morgan fingerprint density at radius 3 is 2.65 bits per heavy atom. The Balaban J connectivity index is 0.00000264. The molecule has 5 nitrogen and oxygen atoms in total. The zero-order valence-electron chi connectivity index (χ0n) is 12.6. The molecule has 2 rings (SSSR count). The first kappa shape index (κ1) is 19.6. The third-order valence-electron chi connectivity index (χ3n) is 3.38. The second-order valence-electron chi connectivity index (χ2n) is 5.21. The molecule has 1 aromatic carbocycles. The van der Waals surface area contributed by atoms with Crippen molar-refractivity contribution in [2.24, 2.45) is 5.73 Å². The molecular weight excluding hydrogens is 330 g/mol. The maximum Gasteiger partial charge on any atom is 0.277 e. The quantitative estimate of drug-likeness (QED) is 0.788. The van der Waals surface area contributed by atoms with Gasteiger partial charge in [0.15, 0.2) is 0 Å². The van der Waals surface area contributed by atoms with Crippen LogP contribution in [0.3, 0.4) is 0 Å². The minimum atomic E-state index is -3.10. The molecule has 0 aliphatic carbocycles. The lowest BCUT2D eigenvalue weighted by Gasteiger charge is -2.15. The van der Waals surface area contributed by atoms with Gasteiger partial charge >= 0.3 is 0 Å². The van der Waals surface area contributed by atoms with Gasteiger partial charge < -0.3 is 20.5 Å². The van der Waals surface area contributed by atoms with Crippen molar-refractivity contribution in [3.63, 3.8) is 0 Å². The molecule has 0 spiro atoms. The Hall–Kier alpha value is -1.44. The van der Waals surface area contributed by atoms with Crippen LogP contribution < -0.4 is 15.8 Å². The van der Waals surface area contributed by atoms with Crippen LogP contribution in [0.1, 0.15) is 23.2 Å². The zero-order chi connectivity index (χ0) is 16.0. The number of hydrogen-bond acceptors (Lipinski definition) is 4. The summed E-state index contributed by atoms with van der Waals surface area (Å²) < 4.78 is 36.9. The number of carbonyl (C=O) groups is 1. The fourth-order valence-electron chi connectivity index (χ4n) is 2.05. The number of amides is 1. The molecule has 23 heavy (non-hydrogen) atoms. The molecule has 1 aromatic rings. The van der Waals surface area contributed by atoms with Crippen molar-refractivity contribution >= 4 is 18.3 Å². The van der Waals surface area contributed by atoms with Gasteiger partial charge in [-0.05, 0) is 37.1 Å². The zero-order valence-corrected chi connectivity index (χ0v) is 13.4. The van der Waals surface area contributed by atoms with Gasteiger partial charge in [-0.15, -0.1) is 12.4 Å². The van der Waals surface area contributed by atoms with E-state index in [0.717, 1.165) is 19.4 Å². The summed E-state index contributed by atoms with van der Waals surface area (Å²) in [6.07, 6.45) is 2.14. The topological polar surface area (TPSA) is 73.6 Å². The van der Waals surface area contributed by atoms with Crippen LogP contribution in [0.15, 0.2) is 24.3 Å². The smallest absolute Gasteiger partial charge is 0.277 e. The average Bonchev–Trinajstić information content (AvgIpc) is 3.05. The Bertz CT molecular complexity index is 494. The summed E-state index contributed by atoms with van der Waals surface area (Å²) in [5.41, 5.74) is 5.20. The Labute approximate surface area is 139 Å². The number of halogens is 3. The molecule has 1 unspecified atom stereocenters. The maximum absolute atomic E-state index is 13.0. The second-order valence-corrected chi connectivity index (χ2v) is 5.21. The summed E-state index contributed by atoms with van der Waals surface area (Å²) >= 11 is 0. The van der Waals surface area contributed by atoms with Crippen LogP contribution in [0.25, 0.3) is 0 Å².